The molecule has 0 amide bonds. The normalized spacial score (nSPS) is 11.7. The monoisotopic (exact) mass is 957 g/mol. The molecule has 4 aromatic heterocycles. The summed E-state index contributed by atoms with van der Waals surface area (Å²) in [6, 6.07) is 92.4. The van der Waals surface area contributed by atoms with Crippen LogP contribution < -0.4 is 0 Å². The molecule has 0 fully saturated rings. The molecule has 0 atom stereocenters. The lowest BCUT2D eigenvalue weighted by Gasteiger charge is -2.17. The van der Waals surface area contributed by atoms with Crippen molar-refractivity contribution < 1.29 is 4.42 Å². The number of fused-ring (bicyclic) bond motifs is 9. The smallest absolute Gasteiger partial charge is 0.164 e. The van der Waals surface area contributed by atoms with Crippen LogP contribution in [0.4, 0.5) is 0 Å². The summed E-state index contributed by atoms with van der Waals surface area (Å²) in [5, 5.41) is 6.97. The fourth-order valence-electron chi connectivity index (χ4n) is 11.3. The minimum atomic E-state index is 0.575. The van der Waals surface area contributed by atoms with Gasteiger partial charge in [-0.15, -0.1) is 0 Å². The molecular formula is C69H43N5O. The van der Waals surface area contributed by atoms with Crippen molar-refractivity contribution >= 4 is 65.6 Å². The molecule has 0 saturated heterocycles. The Morgan fingerprint density at radius 1 is 0.240 bits per heavy atom. The van der Waals surface area contributed by atoms with E-state index in [9.17, 15) is 0 Å². The van der Waals surface area contributed by atoms with E-state index in [1.54, 1.807) is 0 Å². The lowest BCUT2D eigenvalue weighted by molar-refractivity contribution is 0.669. The van der Waals surface area contributed by atoms with Crippen molar-refractivity contribution in [1.29, 1.82) is 0 Å². The molecule has 0 bridgehead atoms. The first-order chi connectivity index (χ1) is 37.2. The van der Waals surface area contributed by atoms with E-state index in [4.69, 9.17) is 19.4 Å². The summed E-state index contributed by atoms with van der Waals surface area (Å²) < 4.78 is 11.1. The van der Waals surface area contributed by atoms with Crippen LogP contribution in [0.1, 0.15) is 0 Å². The molecule has 15 aromatic rings. The first-order valence-corrected chi connectivity index (χ1v) is 25.3. The highest BCUT2D eigenvalue weighted by molar-refractivity contribution is 6.12. The van der Waals surface area contributed by atoms with Gasteiger partial charge in [-0.25, -0.2) is 15.0 Å². The Morgan fingerprint density at radius 3 is 1.31 bits per heavy atom. The van der Waals surface area contributed by atoms with Crippen LogP contribution in [0.25, 0.3) is 144 Å². The van der Waals surface area contributed by atoms with Gasteiger partial charge in [0, 0.05) is 60.1 Å². The third kappa shape index (κ3) is 7.07. The number of para-hydroxylation sites is 5. The van der Waals surface area contributed by atoms with Crippen LogP contribution in [0.15, 0.2) is 265 Å². The van der Waals surface area contributed by atoms with Crippen molar-refractivity contribution in [2.24, 2.45) is 0 Å². The maximum absolute atomic E-state index is 6.31. The second kappa shape index (κ2) is 17.3. The van der Waals surface area contributed by atoms with Crippen molar-refractivity contribution in [2.45, 2.75) is 0 Å². The Balaban J connectivity index is 0.939. The molecule has 75 heavy (non-hydrogen) atoms. The third-order valence-electron chi connectivity index (χ3n) is 14.8. The first-order valence-electron chi connectivity index (χ1n) is 25.3. The number of benzene rings is 11. The zero-order valence-electron chi connectivity index (χ0n) is 40.5. The fraction of sp³-hybridized carbons (Fsp3) is 0. The topological polar surface area (TPSA) is 61.7 Å². The molecule has 4 heterocycles. The van der Waals surface area contributed by atoms with E-state index < -0.39 is 0 Å². The van der Waals surface area contributed by atoms with E-state index in [1.807, 2.05) is 30.3 Å². The Labute approximate surface area is 431 Å². The molecule has 0 saturated carbocycles. The standard InChI is InChI=1S/C69H43N5O/c1-3-18-44(19-4-1)46-35-38-63(73-59-29-12-7-24-52(59)53-25-8-13-30-60(53)73)57(41-46)47-22-17-23-49(40-47)68-70-67(45-20-5-2-6-21-45)71-69(72-68)50-34-37-51(48-36-39-66-58(42-48)56-28-11-16-33-65(56)75-66)64(43-50)74-61-31-14-9-26-54(61)55-27-10-15-32-62(55)74/h1-43H. The van der Waals surface area contributed by atoms with Crippen molar-refractivity contribution in [3.05, 3.63) is 261 Å². The highest BCUT2D eigenvalue weighted by Gasteiger charge is 2.22. The molecule has 15 rings (SSSR count). The molecule has 6 nitrogen and oxygen atoms in total. The SMILES string of the molecule is c1ccc(-c2ccc(-n3c4ccccc4c4ccccc43)c(-c3cccc(-c4nc(-c5ccccc5)nc(-c5ccc(-c6ccc7oc8ccccc8c7c6)c(-n6c7ccccc7c7ccccc76)c5)n4)c3)c2)cc1. The van der Waals surface area contributed by atoms with Gasteiger partial charge in [0.05, 0.1) is 33.4 Å². The van der Waals surface area contributed by atoms with Gasteiger partial charge < -0.3 is 13.6 Å². The van der Waals surface area contributed by atoms with Crippen LogP contribution in [0.3, 0.4) is 0 Å². The largest absolute Gasteiger partial charge is 0.456 e. The molecule has 0 aliphatic carbocycles. The molecule has 0 spiro atoms. The molecule has 350 valence electrons. The Hall–Kier alpha value is -10.2. The summed E-state index contributed by atoms with van der Waals surface area (Å²) in [5.41, 5.74) is 17.6. The number of rotatable bonds is 8. The fourth-order valence-corrected chi connectivity index (χ4v) is 11.3. The summed E-state index contributed by atoms with van der Waals surface area (Å²) in [7, 11) is 0. The van der Waals surface area contributed by atoms with E-state index in [-0.39, 0.29) is 0 Å². The van der Waals surface area contributed by atoms with Crippen molar-refractivity contribution in [3.63, 3.8) is 0 Å². The van der Waals surface area contributed by atoms with Crippen molar-refractivity contribution in [1.82, 2.24) is 24.1 Å². The van der Waals surface area contributed by atoms with Crippen LogP contribution in [0.5, 0.6) is 0 Å². The highest BCUT2D eigenvalue weighted by atomic mass is 16.3. The van der Waals surface area contributed by atoms with Gasteiger partial charge in [0.2, 0.25) is 0 Å². The summed E-state index contributed by atoms with van der Waals surface area (Å²) >= 11 is 0. The molecular weight excluding hydrogens is 915 g/mol. The Kier molecular flexibility index (Phi) is 9.78. The minimum Gasteiger partial charge on any atom is -0.456 e. The predicted octanol–water partition coefficient (Wildman–Crippen LogP) is 18.0. The molecule has 0 radical (unpaired) electrons. The van der Waals surface area contributed by atoms with E-state index in [0.717, 1.165) is 105 Å². The zero-order chi connectivity index (χ0) is 49.4. The molecule has 0 unspecified atom stereocenters. The number of hydrogen-bond acceptors (Lipinski definition) is 4. The molecule has 6 heteroatoms. The van der Waals surface area contributed by atoms with Crippen LogP contribution in [-0.2, 0) is 0 Å². The van der Waals surface area contributed by atoms with Gasteiger partial charge in [0.15, 0.2) is 17.5 Å². The molecule has 0 N–H and O–H groups in total. The number of aromatic nitrogens is 5. The van der Waals surface area contributed by atoms with E-state index in [2.05, 4.69) is 240 Å². The number of hydrogen-bond donors (Lipinski definition) is 0. The molecule has 0 aliphatic heterocycles. The second-order valence-corrected chi connectivity index (χ2v) is 19.1. The van der Waals surface area contributed by atoms with Gasteiger partial charge >= 0.3 is 0 Å². The van der Waals surface area contributed by atoms with Crippen molar-refractivity contribution in [2.75, 3.05) is 0 Å². The summed E-state index contributed by atoms with van der Waals surface area (Å²) in [6.45, 7) is 0. The van der Waals surface area contributed by atoms with Crippen LogP contribution >= 0.6 is 0 Å². The number of nitrogens with zero attached hydrogens (tertiary/aromatic N) is 5. The lowest BCUT2D eigenvalue weighted by atomic mass is 9.96. The van der Waals surface area contributed by atoms with Gasteiger partial charge in [0.1, 0.15) is 11.2 Å². The van der Waals surface area contributed by atoms with Crippen LogP contribution in [0.2, 0.25) is 0 Å². The molecule has 11 aromatic carbocycles. The highest BCUT2D eigenvalue weighted by Crippen LogP contribution is 2.42. The predicted molar refractivity (Wildman–Crippen MR) is 308 cm³/mol. The minimum absolute atomic E-state index is 0.575. The average Bonchev–Trinajstić information content (AvgIpc) is 4.18. The van der Waals surface area contributed by atoms with Gasteiger partial charge in [-0.2, -0.15) is 0 Å². The first kappa shape index (κ1) is 42.5. The average molecular weight is 958 g/mol. The van der Waals surface area contributed by atoms with Crippen molar-refractivity contribution in [3.8, 4) is 78.9 Å². The zero-order valence-corrected chi connectivity index (χ0v) is 40.5. The summed E-state index contributed by atoms with van der Waals surface area (Å²) in [6.07, 6.45) is 0. The van der Waals surface area contributed by atoms with Crippen LogP contribution in [0, 0.1) is 0 Å². The van der Waals surface area contributed by atoms with E-state index in [0.29, 0.717) is 17.5 Å². The quantitative estimate of drug-likeness (QED) is 0.152. The Morgan fingerprint density at radius 2 is 0.680 bits per heavy atom. The molecule has 0 aliphatic rings. The summed E-state index contributed by atoms with van der Waals surface area (Å²) in [4.78, 5) is 16.0. The Bertz CT molecular complexity index is 4610. The maximum Gasteiger partial charge on any atom is 0.164 e. The van der Waals surface area contributed by atoms with E-state index in [1.165, 1.54) is 21.5 Å². The van der Waals surface area contributed by atoms with Gasteiger partial charge in [-0.05, 0) is 89.0 Å². The summed E-state index contributed by atoms with van der Waals surface area (Å²) in [5.74, 6) is 1.75. The third-order valence-corrected chi connectivity index (χ3v) is 14.8. The second-order valence-electron chi connectivity index (χ2n) is 19.1. The lowest BCUT2D eigenvalue weighted by Crippen LogP contribution is -2.02. The number of furan rings is 1. The van der Waals surface area contributed by atoms with Gasteiger partial charge in [-0.3, -0.25) is 0 Å². The van der Waals surface area contributed by atoms with Crippen LogP contribution in [-0.4, -0.2) is 24.1 Å². The van der Waals surface area contributed by atoms with Gasteiger partial charge in [-0.1, -0.05) is 194 Å². The van der Waals surface area contributed by atoms with Gasteiger partial charge in [0.25, 0.3) is 0 Å². The maximum atomic E-state index is 6.31. The van der Waals surface area contributed by atoms with E-state index >= 15 is 0 Å².